The molecule has 0 aliphatic rings. The number of nitrogens with one attached hydrogen (secondary N) is 1. The van der Waals surface area contributed by atoms with E-state index in [0.29, 0.717) is 12.3 Å². The number of amides is 1. The molecule has 1 aromatic carbocycles. The van der Waals surface area contributed by atoms with E-state index in [1.807, 2.05) is 18.2 Å². The molecule has 0 radical (unpaired) electrons. The highest BCUT2D eigenvalue weighted by Gasteiger charge is 2.15. The number of halogens is 1. The number of carbonyl (C=O) groups excluding carboxylic acids is 1. The minimum atomic E-state index is -0.624. The number of anilines is 1. The molecular weight excluding hydrogens is 256 g/mol. The van der Waals surface area contributed by atoms with E-state index in [0.717, 1.165) is 5.56 Å². The Morgan fingerprint density at radius 1 is 1.44 bits per heavy atom. The summed E-state index contributed by atoms with van der Waals surface area (Å²) in [6, 6.07) is 7.44. The van der Waals surface area contributed by atoms with Crippen molar-refractivity contribution in [3.8, 4) is 0 Å². The fraction of sp³-hybridized carbons (Fsp3) is 0.417. The average Bonchev–Trinajstić information content (AvgIpc) is 2.31. The van der Waals surface area contributed by atoms with Crippen LogP contribution in [0.5, 0.6) is 0 Å². The van der Waals surface area contributed by atoms with Gasteiger partial charge in [-0.05, 0) is 17.7 Å². The van der Waals surface area contributed by atoms with Gasteiger partial charge in [-0.3, -0.25) is 4.79 Å². The Balaban J connectivity index is 0.00000289. The predicted octanol–water partition coefficient (Wildman–Crippen LogP) is 1.17. The largest absolute Gasteiger partial charge is 0.380 e. The number of methoxy groups -OCH3 is 2. The molecule has 0 aliphatic carbocycles. The lowest BCUT2D eigenvalue weighted by Crippen LogP contribution is -2.35. The monoisotopic (exact) mass is 274 g/mol. The van der Waals surface area contributed by atoms with Crippen LogP contribution in [0.25, 0.3) is 0 Å². The first-order valence-electron chi connectivity index (χ1n) is 5.33. The van der Waals surface area contributed by atoms with Crippen molar-refractivity contribution in [3.63, 3.8) is 0 Å². The molecule has 102 valence electrons. The highest BCUT2D eigenvalue weighted by atomic mass is 35.5. The van der Waals surface area contributed by atoms with Gasteiger partial charge in [0, 0.05) is 26.5 Å². The Morgan fingerprint density at radius 2 is 2.17 bits per heavy atom. The maximum absolute atomic E-state index is 11.7. The third-order valence-corrected chi connectivity index (χ3v) is 2.30. The lowest BCUT2D eigenvalue weighted by molar-refractivity contribution is -0.125. The second-order valence-electron chi connectivity index (χ2n) is 3.58. The summed E-state index contributed by atoms with van der Waals surface area (Å²) in [4.78, 5) is 11.7. The maximum Gasteiger partial charge on any atom is 0.254 e. The van der Waals surface area contributed by atoms with E-state index in [9.17, 15) is 4.79 Å². The molecule has 1 aromatic rings. The van der Waals surface area contributed by atoms with E-state index in [1.165, 1.54) is 7.11 Å². The molecule has 1 rings (SSSR count). The average molecular weight is 275 g/mol. The molecule has 3 N–H and O–H groups in total. The number of benzene rings is 1. The molecule has 0 saturated carbocycles. The van der Waals surface area contributed by atoms with Crippen LogP contribution in [0.15, 0.2) is 24.3 Å². The van der Waals surface area contributed by atoms with Crippen LogP contribution in [-0.2, 0) is 20.9 Å². The molecule has 0 aliphatic heterocycles. The Hall–Kier alpha value is -1.14. The van der Waals surface area contributed by atoms with Gasteiger partial charge in [-0.25, -0.2) is 0 Å². The van der Waals surface area contributed by atoms with Crippen LogP contribution in [0.4, 0.5) is 5.69 Å². The van der Waals surface area contributed by atoms with Crippen molar-refractivity contribution >= 4 is 24.0 Å². The molecular formula is C12H19ClN2O3. The molecule has 0 aromatic heterocycles. The number of carbonyl (C=O) groups is 1. The summed E-state index contributed by atoms with van der Waals surface area (Å²) in [6.45, 7) is 0.661. The van der Waals surface area contributed by atoms with Gasteiger partial charge in [0.05, 0.1) is 6.61 Å². The molecule has 6 heteroatoms. The lowest BCUT2D eigenvalue weighted by atomic mass is 10.2. The smallest absolute Gasteiger partial charge is 0.254 e. The van der Waals surface area contributed by atoms with E-state index in [2.05, 4.69) is 5.32 Å². The first kappa shape index (κ1) is 16.9. The molecule has 1 unspecified atom stereocenters. The lowest BCUT2D eigenvalue weighted by Gasteiger charge is -2.13. The van der Waals surface area contributed by atoms with Crippen molar-refractivity contribution in [2.75, 3.05) is 26.1 Å². The van der Waals surface area contributed by atoms with Gasteiger partial charge in [0.25, 0.3) is 5.91 Å². The van der Waals surface area contributed by atoms with Gasteiger partial charge in [-0.15, -0.1) is 12.4 Å². The number of hydrogen-bond acceptors (Lipinski definition) is 4. The van der Waals surface area contributed by atoms with Crippen molar-refractivity contribution < 1.29 is 14.3 Å². The van der Waals surface area contributed by atoms with Crippen molar-refractivity contribution in [3.05, 3.63) is 29.8 Å². The fourth-order valence-corrected chi connectivity index (χ4v) is 1.44. The number of nitrogens with two attached hydrogens (primary N) is 1. The van der Waals surface area contributed by atoms with Gasteiger partial charge in [0.2, 0.25) is 0 Å². The normalized spacial score (nSPS) is 11.5. The summed E-state index contributed by atoms with van der Waals surface area (Å²) in [5.41, 5.74) is 7.11. The molecule has 0 saturated heterocycles. The molecule has 0 bridgehead atoms. The Bertz CT molecular complexity index is 370. The fourth-order valence-electron chi connectivity index (χ4n) is 1.44. The Labute approximate surface area is 113 Å². The van der Waals surface area contributed by atoms with Gasteiger partial charge in [0.15, 0.2) is 0 Å². The van der Waals surface area contributed by atoms with Crippen LogP contribution in [-0.4, -0.2) is 32.8 Å². The van der Waals surface area contributed by atoms with E-state index >= 15 is 0 Å². The van der Waals surface area contributed by atoms with E-state index in [-0.39, 0.29) is 24.9 Å². The third kappa shape index (κ3) is 5.01. The van der Waals surface area contributed by atoms with Gasteiger partial charge in [0.1, 0.15) is 6.10 Å². The molecule has 0 heterocycles. The van der Waals surface area contributed by atoms with Gasteiger partial charge in [-0.2, -0.15) is 0 Å². The van der Waals surface area contributed by atoms with Crippen LogP contribution in [0.1, 0.15) is 5.56 Å². The standard InChI is InChI=1S/C12H18N2O3.ClH/c1-16-8-9-4-3-5-10(6-9)14-12(15)11(7-13)17-2;/h3-6,11H,7-8,13H2,1-2H3,(H,14,15);1H. The molecule has 0 fully saturated rings. The molecule has 0 spiro atoms. The Kier molecular flexibility index (Phi) is 8.32. The minimum Gasteiger partial charge on any atom is -0.380 e. The molecule has 1 atom stereocenters. The summed E-state index contributed by atoms with van der Waals surface area (Å²) in [7, 11) is 3.08. The topological polar surface area (TPSA) is 73.6 Å². The van der Waals surface area contributed by atoms with E-state index < -0.39 is 6.10 Å². The molecule has 5 nitrogen and oxygen atoms in total. The van der Waals surface area contributed by atoms with Crippen molar-refractivity contribution in [2.24, 2.45) is 5.73 Å². The zero-order chi connectivity index (χ0) is 12.7. The van der Waals surface area contributed by atoms with Crippen LogP contribution in [0, 0.1) is 0 Å². The number of hydrogen-bond donors (Lipinski definition) is 2. The maximum atomic E-state index is 11.7. The second kappa shape index (κ2) is 8.88. The molecule has 1 amide bonds. The Morgan fingerprint density at radius 3 is 2.72 bits per heavy atom. The van der Waals surface area contributed by atoms with Crippen molar-refractivity contribution in [1.29, 1.82) is 0 Å². The first-order chi connectivity index (χ1) is 8.21. The van der Waals surface area contributed by atoms with Gasteiger partial charge < -0.3 is 20.5 Å². The predicted molar refractivity (Wildman–Crippen MR) is 72.9 cm³/mol. The summed E-state index contributed by atoms with van der Waals surface area (Å²) in [5, 5.41) is 2.74. The molecule has 18 heavy (non-hydrogen) atoms. The van der Waals surface area contributed by atoms with Crippen LogP contribution >= 0.6 is 12.4 Å². The van der Waals surface area contributed by atoms with Gasteiger partial charge >= 0.3 is 0 Å². The van der Waals surface area contributed by atoms with Crippen LogP contribution < -0.4 is 11.1 Å². The second-order valence-corrected chi connectivity index (χ2v) is 3.58. The summed E-state index contributed by atoms with van der Waals surface area (Å²) in [6.07, 6.45) is -0.624. The quantitative estimate of drug-likeness (QED) is 0.817. The summed E-state index contributed by atoms with van der Waals surface area (Å²) >= 11 is 0. The third-order valence-electron chi connectivity index (χ3n) is 2.30. The SMILES string of the molecule is COCc1cccc(NC(=O)C(CN)OC)c1.Cl. The van der Waals surface area contributed by atoms with Crippen LogP contribution in [0.3, 0.4) is 0 Å². The number of rotatable bonds is 6. The first-order valence-corrected chi connectivity index (χ1v) is 5.33. The zero-order valence-corrected chi connectivity index (χ0v) is 11.3. The highest BCUT2D eigenvalue weighted by molar-refractivity contribution is 5.94. The summed E-state index contributed by atoms with van der Waals surface area (Å²) < 4.78 is 9.97. The van der Waals surface area contributed by atoms with E-state index in [4.69, 9.17) is 15.2 Å². The van der Waals surface area contributed by atoms with Crippen molar-refractivity contribution in [1.82, 2.24) is 0 Å². The van der Waals surface area contributed by atoms with E-state index in [1.54, 1.807) is 13.2 Å². The minimum absolute atomic E-state index is 0. The zero-order valence-electron chi connectivity index (χ0n) is 10.5. The highest BCUT2D eigenvalue weighted by Crippen LogP contribution is 2.11. The number of ether oxygens (including phenoxy) is 2. The van der Waals surface area contributed by atoms with Crippen molar-refractivity contribution in [2.45, 2.75) is 12.7 Å². The summed E-state index contributed by atoms with van der Waals surface area (Å²) in [5.74, 6) is -0.246. The van der Waals surface area contributed by atoms with Gasteiger partial charge in [-0.1, -0.05) is 12.1 Å². The van der Waals surface area contributed by atoms with Crippen LogP contribution in [0.2, 0.25) is 0 Å².